The fourth-order valence-corrected chi connectivity index (χ4v) is 4.09. The predicted molar refractivity (Wildman–Crippen MR) is 133 cm³/mol. The van der Waals surface area contributed by atoms with E-state index in [1.54, 1.807) is 66.7 Å². The van der Waals surface area contributed by atoms with Crippen LogP contribution in [0.25, 0.3) is 0 Å². The van der Waals surface area contributed by atoms with Crippen LogP contribution >= 0.6 is 0 Å². The van der Waals surface area contributed by atoms with Crippen molar-refractivity contribution in [2.45, 2.75) is 37.0 Å². The van der Waals surface area contributed by atoms with E-state index in [1.165, 1.54) is 24.3 Å². The van der Waals surface area contributed by atoms with Gasteiger partial charge in [0.15, 0.2) is 18.4 Å². The van der Waals surface area contributed by atoms with Crippen LogP contribution in [0.2, 0.25) is 0 Å². The Kier molecular flexibility index (Phi) is 9.18. The smallest absolute Gasteiger partial charge is 0.338 e. The number of rotatable bonds is 9. The molecule has 0 radical (unpaired) electrons. The number of aliphatic hydroxyl groups is 1. The van der Waals surface area contributed by atoms with Crippen molar-refractivity contribution in [1.82, 2.24) is 0 Å². The Hall–Kier alpha value is -4.08. The van der Waals surface area contributed by atoms with E-state index in [1.807, 2.05) is 0 Å². The molecule has 5 unspecified atom stereocenters. The fourth-order valence-electron chi connectivity index (χ4n) is 4.09. The summed E-state index contributed by atoms with van der Waals surface area (Å²) in [5.41, 5.74) is 0.648. The van der Waals surface area contributed by atoms with Crippen molar-refractivity contribution in [3.63, 3.8) is 0 Å². The van der Waals surface area contributed by atoms with Crippen LogP contribution in [-0.2, 0) is 18.9 Å². The van der Waals surface area contributed by atoms with Crippen molar-refractivity contribution < 1.29 is 42.8 Å². The number of aliphatic hydroxyl groups excluding tert-OH is 1. The van der Waals surface area contributed by atoms with Gasteiger partial charge in [-0.2, -0.15) is 0 Å². The van der Waals surface area contributed by atoms with Gasteiger partial charge in [-0.05, 0) is 36.4 Å². The monoisotopic (exact) mass is 522 g/mol. The lowest BCUT2D eigenvalue weighted by atomic mass is 9.93. The molecule has 4 rings (SSSR count). The molecule has 38 heavy (non-hydrogen) atoms. The number of ether oxygens (including phenoxy) is 4. The van der Waals surface area contributed by atoms with Crippen LogP contribution in [0.3, 0.4) is 0 Å². The van der Waals surface area contributed by atoms with Crippen molar-refractivity contribution in [2.24, 2.45) is 0 Å². The maximum absolute atomic E-state index is 15.9. The molecular formula is C29H27FO8. The van der Waals surface area contributed by atoms with Gasteiger partial charge in [0.2, 0.25) is 0 Å². The number of alkyl halides is 1. The van der Waals surface area contributed by atoms with Gasteiger partial charge in [0.25, 0.3) is 0 Å². The first-order valence-corrected chi connectivity index (χ1v) is 12.1. The molecule has 0 aliphatic carbocycles. The molecule has 3 aromatic carbocycles. The molecule has 0 spiro atoms. The standard InChI is InChI=1S/C29H27FO8/c30-24-23(18-35-27(32)19-10-4-1-5-11-19)36-22(16-17-31)25(37-28(33)20-12-6-2-7-13-20)26(24)38-29(34)21-14-8-3-9-15-21/h1-15,22-26,31H,16-18H2. The molecule has 9 heteroatoms. The third kappa shape index (κ3) is 6.62. The third-order valence-electron chi connectivity index (χ3n) is 6.02. The zero-order valence-electron chi connectivity index (χ0n) is 20.4. The molecule has 0 saturated carbocycles. The number of halogens is 1. The van der Waals surface area contributed by atoms with Gasteiger partial charge in [0, 0.05) is 13.0 Å². The van der Waals surface area contributed by atoms with Gasteiger partial charge in [0.1, 0.15) is 18.8 Å². The zero-order valence-corrected chi connectivity index (χ0v) is 20.4. The van der Waals surface area contributed by atoms with Gasteiger partial charge in [0.05, 0.1) is 16.7 Å². The molecule has 5 atom stereocenters. The number of hydrogen-bond acceptors (Lipinski definition) is 8. The molecule has 1 heterocycles. The van der Waals surface area contributed by atoms with E-state index in [2.05, 4.69) is 0 Å². The Morgan fingerprint density at radius 2 is 1.13 bits per heavy atom. The van der Waals surface area contributed by atoms with E-state index in [9.17, 15) is 19.5 Å². The summed E-state index contributed by atoms with van der Waals surface area (Å²) in [5, 5.41) is 9.65. The topological polar surface area (TPSA) is 108 Å². The fraction of sp³-hybridized carbons (Fsp3) is 0.276. The van der Waals surface area contributed by atoms with E-state index in [0.29, 0.717) is 0 Å². The highest BCUT2D eigenvalue weighted by Gasteiger charge is 2.51. The molecule has 0 bridgehead atoms. The van der Waals surface area contributed by atoms with Crippen LogP contribution in [0.1, 0.15) is 37.5 Å². The molecule has 0 aromatic heterocycles. The van der Waals surface area contributed by atoms with Crippen LogP contribution in [0, 0.1) is 0 Å². The normalized spacial score (nSPS) is 22.7. The van der Waals surface area contributed by atoms with E-state index >= 15 is 4.39 Å². The first-order valence-electron chi connectivity index (χ1n) is 12.1. The van der Waals surface area contributed by atoms with E-state index in [4.69, 9.17) is 18.9 Å². The first kappa shape index (κ1) is 27.0. The molecule has 1 saturated heterocycles. The molecule has 3 aromatic rings. The SMILES string of the molecule is O=C(OCC1OC(CCO)C(OC(=O)c2ccccc2)C(OC(=O)c2ccccc2)C1F)c1ccccc1. The van der Waals surface area contributed by atoms with Crippen LogP contribution in [-0.4, -0.2) is 66.8 Å². The van der Waals surface area contributed by atoms with Crippen molar-refractivity contribution in [2.75, 3.05) is 13.2 Å². The molecule has 8 nitrogen and oxygen atoms in total. The number of esters is 3. The molecule has 1 fully saturated rings. The van der Waals surface area contributed by atoms with Gasteiger partial charge in [-0.1, -0.05) is 54.6 Å². The largest absolute Gasteiger partial charge is 0.459 e. The highest BCUT2D eigenvalue weighted by Crippen LogP contribution is 2.31. The average molecular weight is 523 g/mol. The third-order valence-corrected chi connectivity index (χ3v) is 6.02. The summed E-state index contributed by atoms with van der Waals surface area (Å²) in [4.78, 5) is 38.1. The van der Waals surface area contributed by atoms with E-state index < -0.39 is 55.1 Å². The van der Waals surface area contributed by atoms with Gasteiger partial charge in [-0.25, -0.2) is 18.8 Å². The Balaban J connectivity index is 1.57. The highest BCUT2D eigenvalue weighted by molar-refractivity contribution is 5.90. The van der Waals surface area contributed by atoms with E-state index in [-0.39, 0.29) is 29.7 Å². The van der Waals surface area contributed by atoms with Crippen LogP contribution in [0.15, 0.2) is 91.0 Å². The number of carbonyl (C=O) groups excluding carboxylic acids is 3. The zero-order chi connectivity index (χ0) is 26.9. The minimum absolute atomic E-state index is 0.0536. The van der Waals surface area contributed by atoms with Crippen molar-refractivity contribution in [3.8, 4) is 0 Å². The maximum Gasteiger partial charge on any atom is 0.338 e. The molecule has 0 amide bonds. The second kappa shape index (κ2) is 12.9. The summed E-state index contributed by atoms with van der Waals surface area (Å²) in [6.45, 7) is -0.869. The molecule has 1 aliphatic rings. The molecule has 1 N–H and O–H groups in total. The minimum atomic E-state index is -2.02. The van der Waals surface area contributed by atoms with Gasteiger partial charge >= 0.3 is 17.9 Å². The van der Waals surface area contributed by atoms with Crippen molar-refractivity contribution >= 4 is 17.9 Å². The summed E-state index contributed by atoms with van der Waals surface area (Å²) >= 11 is 0. The van der Waals surface area contributed by atoms with Crippen LogP contribution in [0.4, 0.5) is 4.39 Å². The summed E-state index contributed by atoms with van der Waals surface area (Å²) in [6.07, 6.45) is -7.44. The lowest BCUT2D eigenvalue weighted by molar-refractivity contribution is -0.214. The van der Waals surface area contributed by atoms with Crippen LogP contribution < -0.4 is 0 Å². The summed E-state index contributed by atoms with van der Waals surface area (Å²) in [6, 6.07) is 24.2. The summed E-state index contributed by atoms with van der Waals surface area (Å²) in [5.74, 6) is -2.29. The lowest BCUT2D eigenvalue weighted by Gasteiger charge is -2.42. The Morgan fingerprint density at radius 1 is 0.684 bits per heavy atom. The number of carbonyl (C=O) groups is 3. The Bertz CT molecular complexity index is 1210. The number of benzene rings is 3. The minimum Gasteiger partial charge on any atom is -0.459 e. The number of hydrogen-bond donors (Lipinski definition) is 1. The molecule has 1 aliphatic heterocycles. The summed E-state index contributed by atoms with van der Waals surface area (Å²) < 4.78 is 38.1. The van der Waals surface area contributed by atoms with Gasteiger partial charge in [-0.3, -0.25) is 0 Å². The Labute approximate surface area is 218 Å². The first-order chi connectivity index (χ1) is 18.5. The second-order valence-corrected chi connectivity index (χ2v) is 8.61. The van der Waals surface area contributed by atoms with Gasteiger partial charge < -0.3 is 24.1 Å². The highest BCUT2D eigenvalue weighted by atomic mass is 19.1. The molecule has 198 valence electrons. The Morgan fingerprint density at radius 3 is 1.61 bits per heavy atom. The van der Waals surface area contributed by atoms with E-state index in [0.717, 1.165) is 0 Å². The molecular weight excluding hydrogens is 495 g/mol. The van der Waals surface area contributed by atoms with Crippen LogP contribution in [0.5, 0.6) is 0 Å². The lowest BCUT2D eigenvalue weighted by Crippen LogP contribution is -2.60. The second-order valence-electron chi connectivity index (χ2n) is 8.61. The average Bonchev–Trinajstić information content (AvgIpc) is 2.96. The van der Waals surface area contributed by atoms with Crippen molar-refractivity contribution in [3.05, 3.63) is 108 Å². The van der Waals surface area contributed by atoms with Crippen molar-refractivity contribution in [1.29, 1.82) is 0 Å². The maximum atomic E-state index is 15.9. The quantitative estimate of drug-likeness (QED) is 0.334. The van der Waals surface area contributed by atoms with Gasteiger partial charge in [-0.15, -0.1) is 0 Å². The predicted octanol–water partition coefficient (Wildman–Crippen LogP) is 3.78. The summed E-state index contributed by atoms with van der Waals surface area (Å²) in [7, 11) is 0.